The summed E-state index contributed by atoms with van der Waals surface area (Å²) in [6.45, 7) is -0.512. The molecule has 4 heterocycles. The third kappa shape index (κ3) is 3.77. The molecule has 33 heavy (non-hydrogen) atoms. The summed E-state index contributed by atoms with van der Waals surface area (Å²) in [6, 6.07) is 6.40. The van der Waals surface area contributed by atoms with Gasteiger partial charge >= 0.3 is 0 Å². The third-order valence-corrected chi connectivity index (χ3v) is 7.10. The first-order chi connectivity index (χ1) is 15.7. The van der Waals surface area contributed by atoms with Crippen LogP contribution in [0.2, 0.25) is 0 Å². The second-order valence-corrected chi connectivity index (χ2v) is 9.63. The Morgan fingerprint density at radius 3 is 2.73 bits per heavy atom. The second-order valence-electron chi connectivity index (χ2n) is 7.84. The Labute approximate surface area is 186 Å². The van der Waals surface area contributed by atoms with Crippen molar-refractivity contribution in [3.63, 3.8) is 0 Å². The molecule has 3 aromatic rings. The number of carbonyl (C=O) groups excluding carboxylic acids is 2. The van der Waals surface area contributed by atoms with Gasteiger partial charge in [0, 0.05) is 24.5 Å². The van der Waals surface area contributed by atoms with Gasteiger partial charge < -0.3 is 10.2 Å². The Morgan fingerprint density at radius 1 is 1.18 bits per heavy atom. The second kappa shape index (κ2) is 7.76. The standard InChI is InChI=1S/C20H18F2N6O4S/c21-17(22)11-27-9-14(6-23-27)33(31,32)28-8-13-7-26(10-16(13)25-28)20(30)19-15-4-2-1-3-12(15)5-18(29)24-19/h1-4,6,8-9,17,19H,5,7,10-11H2,(H,24,29). The first-order valence-corrected chi connectivity index (χ1v) is 11.5. The summed E-state index contributed by atoms with van der Waals surface area (Å²) in [4.78, 5) is 26.5. The van der Waals surface area contributed by atoms with Crippen LogP contribution in [0.1, 0.15) is 28.4 Å². The minimum atomic E-state index is -4.12. The molecular weight excluding hydrogens is 458 g/mol. The number of amides is 2. The fourth-order valence-corrected chi connectivity index (χ4v) is 5.17. The van der Waals surface area contributed by atoms with Crippen LogP contribution < -0.4 is 5.32 Å². The van der Waals surface area contributed by atoms with Gasteiger partial charge in [0.2, 0.25) is 11.8 Å². The summed E-state index contributed by atoms with van der Waals surface area (Å²) >= 11 is 0. The number of halogens is 2. The molecule has 0 saturated heterocycles. The molecule has 0 bridgehead atoms. The minimum Gasteiger partial charge on any atom is -0.340 e. The van der Waals surface area contributed by atoms with Crippen molar-refractivity contribution in [2.45, 2.75) is 43.4 Å². The first kappa shape index (κ1) is 21.2. The van der Waals surface area contributed by atoms with Crippen molar-refractivity contribution in [3.05, 3.63) is 65.2 Å². The van der Waals surface area contributed by atoms with Crippen LogP contribution in [-0.4, -0.2) is 50.5 Å². The van der Waals surface area contributed by atoms with E-state index in [0.717, 1.165) is 32.3 Å². The Morgan fingerprint density at radius 2 is 1.97 bits per heavy atom. The monoisotopic (exact) mass is 476 g/mol. The van der Waals surface area contributed by atoms with Crippen molar-refractivity contribution in [2.24, 2.45) is 0 Å². The van der Waals surface area contributed by atoms with Crippen molar-refractivity contribution in [3.8, 4) is 0 Å². The average Bonchev–Trinajstić information content (AvgIpc) is 3.47. The molecule has 2 aromatic heterocycles. The summed E-state index contributed by atoms with van der Waals surface area (Å²) in [5.74, 6) is -0.552. The zero-order valence-electron chi connectivity index (χ0n) is 17.1. The molecule has 1 aromatic carbocycles. The van der Waals surface area contributed by atoms with Gasteiger partial charge in [-0.15, -0.1) is 0 Å². The topological polar surface area (TPSA) is 119 Å². The van der Waals surface area contributed by atoms with Crippen molar-refractivity contribution in [1.82, 2.24) is 29.2 Å². The van der Waals surface area contributed by atoms with E-state index in [2.05, 4.69) is 15.5 Å². The molecule has 0 spiro atoms. The van der Waals surface area contributed by atoms with Crippen molar-refractivity contribution in [1.29, 1.82) is 0 Å². The number of hydrogen-bond donors (Lipinski definition) is 1. The van der Waals surface area contributed by atoms with Gasteiger partial charge in [0.05, 0.1) is 24.9 Å². The summed E-state index contributed by atoms with van der Waals surface area (Å²) in [5, 5.41) is 10.5. The van der Waals surface area contributed by atoms with Gasteiger partial charge in [0.1, 0.15) is 17.5 Å². The number of nitrogens with one attached hydrogen (secondary N) is 1. The lowest BCUT2D eigenvalue weighted by Gasteiger charge is -2.29. The van der Waals surface area contributed by atoms with E-state index >= 15 is 0 Å². The van der Waals surface area contributed by atoms with Crippen LogP contribution in [0.15, 0.2) is 47.8 Å². The molecule has 0 radical (unpaired) electrons. The van der Waals surface area contributed by atoms with Crippen LogP contribution in [0.4, 0.5) is 8.78 Å². The third-order valence-electron chi connectivity index (χ3n) is 5.62. The Bertz CT molecular complexity index is 1340. The fourth-order valence-electron chi connectivity index (χ4n) is 4.05. The molecular formula is C20H18F2N6O4S. The van der Waals surface area contributed by atoms with Crippen LogP contribution in [-0.2, 0) is 45.7 Å². The number of aromatic nitrogens is 4. The summed E-state index contributed by atoms with van der Waals surface area (Å²) < 4.78 is 52.3. The van der Waals surface area contributed by atoms with E-state index in [1.807, 2.05) is 12.1 Å². The molecule has 2 aliphatic heterocycles. The van der Waals surface area contributed by atoms with Crippen LogP contribution in [0.5, 0.6) is 0 Å². The quantitative estimate of drug-likeness (QED) is 0.583. The van der Waals surface area contributed by atoms with Gasteiger partial charge in [0.15, 0.2) is 0 Å². The number of benzene rings is 1. The van der Waals surface area contributed by atoms with Crippen LogP contribution in [0, 0.1) is 0 Å². The van der Waals surface area contributed by atoms with Crippen LogP contribution >= 0.6 is 0 Å². The molecule has 1 atom stereocenters. The Hall–Kier alpha value is -3.61. The number of nitrogens with zero attached hydrogens (tertiary/aromatic N) is 5. The van der Waals surface area contributed by atoms with E-state index in [1.54, 1.807) is 12.1 Å². The van der Waals surface area contributed by atoms with Crippen molar-refractivity contribution in [2.75, 3.05) is 0 Å². The maximum Gasteiger partial charge on any atom is 0.286 e. The van der Waals surface area contributed by atoms with Crippen LogP contribution in [0.3, 0.4) is 0 Å². The Kier molecular flexibility index (Phi) is 5.00. The number of fused-ring (bicyclic) bond motifs is 2. The Balaban J connectivity index is 1.34. The zero-order chi connectivity index (χ0) is 23.3. The van der Waals surface area contributed by atoms with Gasteiger partial charge in [-0.25, -0.2) is 8.78 Å². The summed E-state index contributed by atoms with van der Waals surface area (Å²) in [5.41, 5.74) is 2.48. The largest absolute Gasteiger partial charge is 0.340 e. The normalized spacial score (nSPS) is 17.7. The lowest BCUT2D eigenvalue weighted by atomic mass is 9.93. The van der Waals surface area contributed by atoms with E-state index in [0.29, 0.717) is 11.3 Å². The van der Waals surface area contributed by atoms with Gasteiger partial charge in [-0.3, -0.25) is 14.3 Å². The van der Waals surface area contributed by atoms with Gasteiger partial charge in [0.25, 0.3) is 16.4 Å². The highest BCUT2D eigenvalue weighted by molar-refractivity contribution is 7.89. The van der Waals surface area contributed by atoms with E-state index in [1.165, 1.54) is 11.1 Å². The minimum absolute atomic E-state index is 0.0792. The maximum atomic E-state index is 13.2. The molecule has 13 heteroatoms. The zero-order valence-corrected chi connectivity index (χ0v) is 17.9. The van der Waals surface area contributed by atoms with E-state index in [4.69, 9.17) is 0 Å². The number of rotatable bonds is 5. The highest BCUT2D eigenvalue weighted by atomic mass is 32.2. The smallest absolute Gasteiger partial charge is 0.286 e. The van der Waals surface area contributed by atoms with Gasteiger partial charge in [-0.05, 0) is 11.1 Å². The molecule has 10 nitrogen and oxygen atoms in total. The molecule has 1 unspecified atom stereocenters. The molecule has 0 saturated carbocycles. The molecule has 0 aliphatic carbocycles. The van der Waals surface area contributed by atoms with E-state index < -0.39 is 29.0 Å². The average molecular weight is 476 g/mol. The predicted molar refractivity (Wildman–Crippen MR) is 108 cm³/mol. The SMILES string of the molecule is O=C1Cc2ccccc2C(C(=O)N2Cc3cn(S(=O)(=O)c4cnn(CC(F)F)c4)nc3C2)N1. The lowest BCUT2D eigenvalue weighted by Crippen LogP contribution is -2.44. The van der Waals surface area contributed by atoms with Gasteiger partial charge in [-0.1, -0.05) is 24.3 Å². The lowest BCUT2D eigenvalue weighted by molar-refractivity contribution is -0.137. The number of alkyl halides is 2. The molecule has 2 amide bonds. The predicted octanol–water partition coefficient (Wildman–Crippen LogP) is 0.837. The summed E-state index contributed by atoms with van der Waals surface area (Å²) in [7, 11) is -4.12. The molecule has 172 valence electrons. The number of carbonyl (C=O) groups is 2. The fraction of sp³-hybridized carbons (Fsp3) is 0.300. The first-order valence-electron chi connectivity index (χ1n) is 10.0. The van der Waals surface area contributed by atoms with Crippen LogP contribution in [0.25, 0.3) is 0 Å². The van der Waals surface area contributed by atoms with E-state index in [-0.39, 0.29) is 36.2 Å². The maximum absolute atomic E-state index is 13.2. The molecule has 1 N–H and O–H groups in total. The summed E-state index contributed by atoms with van der Waals surface area (Å²) in [6.07, 6.45) is 0.851. The van der Waals surface area contributed by atoms with E-state index in [9.17, 15) is 26.8 Å². The molecule has 5 rings (SSSR count). The van der Waals surface area contributed by atoms with Gasteiger partial charge in [-0.2, -0.15) is 22.7 Å². The van der Waals surface area contributed by atoms with Crippen molar-refractivity contribution < 1.29 is 26.8 Å². The molecule has 0 fully saturated rings. The highest BCUT2D eigenvalue weighted by Crippen LogP contribution is 2.30. The number of hydrogen-bond acceptors (Lipinski definition) is 6. The highest BCUT2D eigenvalue weighted by Gasteiger charge is 2.36. The van der Waals surface area contributed by atoms with Crippen molar-refractivity contribution >= 4 is 21.8 Å². The molecule has 2 aliphatic rings.